The van der Waals surface area contributed by atoms with E-state index >= 15 is 0 Å². The van der Waals surface area contributed by atoms with E-state index in [1.807, 2.05) is 0 Å². The fraction of sp³-hybridized carbons (Fsp3) is 0.538. The van der Waals surface area contributed by atoms with Crippen LogP contribution in [-0.2, 0) is 23.2 Å². The van der Waals surface area contributed by atoms with E-state index in [0.29, 0.717) is 0 Å². The van der Waals surface area contributed by atoms with E-state index in [1.165, 1.54) is 17.2 Å². The number of anilines is 1. The predicted octanol–water partition coefficient (Wildman–Crippen LogP) is -3.49. The zero-order valence-corrected chi connectivity index (χ0v) is 16.1. The molecule has 0 aliphatic carbocycles. The van der Waals surface area contributed by atoms with E-state index in [4.69, 9.17) is 21.3 Å². The zero-order chi connectivity index (χ0) is 22.1. The molecule has 2 aromatic heterocycles. The number of nitrogens with one attached hydrogen (secondary N) is 1. The van der Waals surface area contributed by atoms with Crippen molar-refractivity contribution in [1.29, 1.82) is 0 Å². The highest BCUT2D eigenvalue weighted by molar-refractivity contribution is 7.47. The van der Waals surface area contributed by atoms with Crippen LogP contribution < -0.4 is 16.9 Å². The molecule has 1 aliphatic heterocycles. The normalized spacial score (nSPS) is 27.1. The molecular weight excluding hydrogens is 429 g/mol. The fourth-order valence-corrected chi connectivity index (χ4v) is 3.20. The number of phosphoric acid groups is 1. The Morgan fingerprint density at radius 1 is 1.37 bits per heavy atom. The standard InChI is InChI=1S/C13H20N7O9P/c14-5(1-21)12(24)19-29-30(25,26)27-2-6-8(22)9(23)13(28-6)20-4-18-7-10(15)16-3-17-11(7)20/h3-6,8-9,13,21-23H,1-2,14H2,(H,19,24)(H,25,26)(H2,15,16,17)/t5-,6+,8+,9+,13+/m0/s1. The van der Waals surface area contributed by atoms with E-state index in [2.05, 4.69) is 24.1 Å². The van der Waals surface area contributed by atoms with Gasteiger partial charge in [0.05, 0.1) is 19.5 Å². The Morgan fingerprint density at radius 2 is 2.10 bits per heavy atom. The second kappa shape index (κ2) is 8.84. The van der Waals surface area contributed by atoms with Crippen molar-refractivity contribution >= 4 is 30.7 Å². The molecule has 6 atom stereocenters. The number of aliphatic hydroxyl groups excluding tert-OH is 3. The summed E-state index contributed by atoms with van der Waals surface area (Å²) in [5.74, 6) is -0.954. The second-order valence-electron chi connectivity index (χ2n) is 6.24. The van der Waals surface area contributed by atoms with Crippen LogP contribution in [0.2, 0.25) is 0 Å². The van der Waals surface area contributed by atoms with Gasteiger partial charge in [-0.1, -0.05) is 0 Å². The predicted molar refractivity (Wildman–Crippen MR) is 95.7 cm³/mol. The van der Waals surface area contributed by atoms with Crippen LogP contribution in [0.3, 0.4) is 0 Å². The number of fused-ring (bicyclic) bond motifs is 1. The van der Waals surface area contributed by atoms with Gasteiger partial charge in [-0.25, -0.2) is 25.0 Å². The third-order valence-corrected chi connectivity index (χ3v) is 4.99. The lowest BCUT2D eigenvalue weighted by molar-refractivity contribution is -0.131. The van der Waals surface area contributed by atoms with Crippen LogP contribution in [-0.4, -0.2) is 83.2 Å². The Kier molecular flexibility index (Phi) is 6.61. The molecule has 1 amide bonds. The largest absolute Gasteiger partial charge is 0.493 e. The summed E-state index contributed by atoms with van der Waals surface area (Å²) in [4.78, 5) is 32.8. The first-order chi connectivity index (χ1) is 14.1. The first-order valence-electron chi connectivity index (χ1n) is 8.41. The molecule has 3 heterocycles. The molecule has 17 heteroatoms. The van der Waals surface area contributed by atoms with E-state index < -0.39 is 57.5 Å². The number of carbonyl (C=O) groups excluding carboxylic acids is 1. The molecule has 0 spiro atoms. The van der Waals surface area contributed by atoms with Gasteiger partial charge in [0.25, 0.3) is 5.91 Å². The Hall–Kier alpha value is -2.27. The summed E-state index contributed by atoms with van der Waals surface area (Å²) in [6.45, 7) is -1.40. The minimum atomic E-state index is -4.82. The van der Waals surface area contributed by atoms with Gasteiger partial charge < -0.3 is 36.4 Å². The van der Waals surface area contributed by atoms with Crippen molar-refractivity contribution in [2.24, 2.45) is 5.73 Å². The molecule has 16 nitrogen and oxygen atoms in total. The number of nitrogens with two attached hydrogens (primary N) is 2. The summed E-state index contributed by atoms with van der Waals surface area (Å²) in [7, 11) is -4.82. The second-order valence-corrected chi connectivity index (χ2v) is 7.62. The van der Waals surface area contributed by atoms with Crippen LogP contribution in [0.1, 0.15) is 6.23 Å². The minimum absolute atomic E-state index is 0.105. The van der Waals surface area contributed by atoms with Gasteiger partial charge in [0, 0.05) is 0 Å². The highest BCUT2D eigenvalue weighted by atomic mass is 31.2. The molecular formula is C13H20N7O9P. The van der Waals surface area contributed by atoms with Gasteiger partial charge in [0.15, 0.2) is 17.7 Å². The van der Waals surface area contributed by atoms with Gasteiger partial charge in [-0.3, -0.25) is 13.9 Å². The molecule has 1 unspecified atom stereocenters. The molecule has 0 bridgehead atoms. The average molecular weight is 449 g/mol. The molecule has 3 rings (SSSR count). The number of hydrogen-bond donors (Lipinski definition) is 7. The Balaban J connectivity index is 1.63. The molecule has 1 aliphatic rings. The maximum atomic E-state index is 11.8. The molecule has 0 radical (unpaired) electrons. The lowest BCUT2D eigenvalue weighted by Gasteiger charge is -2.18. The number of phosphoric ester groups is 1. The van der Waals surface area contributed by atoms with Gasteiger partial charge in [-0.2, -0.15) is 4.62 Å². The first kappa shape index (κ1) is 22.4. The summed E-state index contributed by atoms with van der Waals surface area (Å²) in [5, 5.41) is 29.2. The lowest BCUT2D eigenvalue weighted by Crippen LogP contribution is -2.42. The van der Waals surface area contributed by atoms with Crippen LogP contribution in [0.15, 0.2) is 12.7 Å². The summed E-state index contributed by atoms with van der Waals surface area (Å²) in [6.07, 6.45) is -2.92. The molecule has 2 aromatic rings. The van der Waals surface area contributed by atoms with Gasteiger partial charge in [0.1, 0.15) is 36.2 Å². The number of ether oxygens (including phenoxy) is 1. The number of aromatic nitrogens is 4. The Morgan fingerprint density at radius 3 is 2.80 bits per heavy atom. The number of nitrogens with zero attached hydrogens (tertiary/aromatic N) is 4. The highest BCUT2D eigenvalue weighted by Gasteiger charge is 2.45. The van der Waals surface area contributed by atoms with Crippen molar-refractivity contribution in [2.45, 2.75) is 30.6 Å². The van der Waals surface area contributed by atoms with Crippen molar-refractivity contribution in [1.82, 2.24) is 25.0 Å². The molecule has 0 aromatic carbocycles. The van der Waals surface area contributed by atoms with Crippen LogP contribution in [0.25, 0.3) is 11.2 Å². The Bertz CT molecular complexity index is 958. The number of rotatable bonds is 8. The number of aliphatic hydroxyl groups is 3. The van der Waals surface area contributed by atoms with Crippen LogP contribution in [0, 0.1) is 0 Å². The van der Waals surface area contributed by atoms with Gasteiger partial charge >= 0.3 is 7.82 Å². The van der Waals surface area contributed by atoms with Gasteiger partial charge in [0.2, 0.25) is 0 Å². The maximum Gasteiger partial charge on any atom is 0.493 e. The number of carbonyl (C=O) groups is 1. The van der Waals surface area contributed by atoms with Crippen molar-refractivity contribution in [3.8, 4) is 0 Å². The Labute approximate surface area is 168 Å². The summed E-state index contributed by atoms with van der Waals surface area (Å²) in [5.41, 5.74) is 13.0. The monoisotopic (exact) mass is 449 g/mol. The summed E-state index contributed by atoms with van der Waals surface area (Å²) in [6, 6.07) is -1.37. The minimum Gasteiger partial charge on any atom is -0.394 e. The van der Waals surface area contributed by atoms with Crippen molar-refractivity contribution < 1.29 is 43.5 Å². The lowest BCUT2D eigenvalue weighted by atomic mass is 10.1. The fourth-order valence-electron chi connectivity index (χ4n) is 2.61. The molecule has 30 heavy (non-hydrogen) atoms. The third kappa shape index (κ3) is 4.56. The van der Waals surface area contributed by atoms with E-state index in [0.717, 1.165) is 0 Å². The van der Waals surface area contributed by atoms with Crippen LogP contribution >= 0.6 is 7.82 Å². The molecule has 166 valence electrons. The average Bonchev–Trinajstić information content (AvgIpc) is 3.27. The topological polar surface area (TPSA) is 250 Å². The zero-order valence-electron chi connectivity index (χ0n) is 15.2. The third-order valence-electron chi connectivity index (χ3n) is 4.20. The quantitative estimate of drug-likeness (QED) is 0.153. The van der Waals surface area contributed by atoms with Crippen LogP contribution in [0.5, 0.6) is 0 Å². The van der Waals surface area contributed by atoms with Gasteiger partial charge in [-0.05, 0) is 0 Å². The van der Waals surface area contributed by atoms with E-state index in [-0.39, 0.29) is 17.0 Å². The van der Waals surface area contributed by atoms with E-state index in [1.54, 1.807) is 5.48 Å². The maximum absolute atomic E-state index is 11.8. The van der Waals surface area contributed by atoms with E-state index in [9.17, 15) is 24.5 Å². The van der Waals surface area contributed by atoms with Crippen LogP contribution in [0.4, 0.5) is 5.82 Å². The first-order valence-corrected chi connectivity index (χ1v) is 9.91. The molecule has 1 fully saturated rings. The highest BCUT2D eigenvalue weighted by Crippen LogP contribution is 2.43. The summed E-state index contributed by atoms with van der Waals surface area (Å²) >= 11 is 0. The number of nitrogen functional groups attached to an aromatic ring is 1. The van der Waals surface area contributed by atoms with Gasteiger partial charge in [-0.15, -0.1) is 0 Å². The number of imidazole rings is 1. The van der Waals surface area contributed by atoms with Crippen molar-refractivity contribution in [2.75, 3.05) is 18.9 Å². The van der Waals surface area contributed by atoms with Crippen molar-refractivity contribution in [3.63, 3.8) is 0 Å². The number of hydrogen-bond acceptors (Lipinski definition) is 13. The smallest absolute Gasteiger partial charge is 0.394 e. The number of amides is 1. The molecule has 1 saturated heterocycles. The molecule has 0 saturated carbocycles. The SMILES string of the molecule is Nc1ncnc2c1ncn2[C@@H]1O[C@H](COP(=O)(O)ONC(=O)[C@@H](N)CO)[C@@H](O)[C@H]1O. The summed E-state index contributed by atoms with van der Waals surface area (Å²) < 4.78 is 27.6. The van der Waals surface area contributed by atoms with Crippen molar-refractivity contribution in [3.05, 3.63) is 12.7 Å². The number of hydroxylamine groups is 1. The molecule has 9 N–H and O–H groups in total.